The topological polar surface area (TPSA) is 143 Å². The van der Waals surface area contributed by atoms with Crippen molar-refractivity contribution in [3.8, 4) is 90.7 Å². The third-order valence-corrected chi connectivity index (χ3v) is 26.1. The maximum Gasteiger partial charge on any atom is 0.584 e. The number of aryl methyl sites for hydroxylation is 3. The van der Waals surface area contributed by atoms with Crippen molar-refractivity contribution in [1.82, 2.24) is 63.7 Å². The number of fused-ring (bicyclic) bond motifs is 36. The number of hydrogen-bond donors (Lipinski definition) is 0. The van der Waals surface area contributed by atoms with Gasteiger partial charge in [0.05, 0.1) is 33.1 Å². The van der Waals surface area contributed by atoms with Crippen molar-refractivity contribution in [3.05, 3.63) is 293 Å². The van der Waals surface area contributed by atoms with E-state index in [4.69, 9.17) is 20.3 Å². The quantitative estimate of drug-likeness (QED) is 0.119. The zero-order valence-electron chi connectivity index (χ0n) is 73.6. The summed E-state index contributed by atoms with van der Waals surface area (Å²) in [6.07, 6.45) is -2.16. The normalized spacial score (nSPS) is 17.0. The fourth-order valence-electron chi connectivity index (χ4n) is 20.4. The van der Waals surface area contributed by atoms with Crippen LogP contribution in [0, 0.1) is 20.8 Å². The van der Waals surface area contributed by atoms with Crippen LogP contribution in [-0.4, -0.2) is 63.7 Å². The molecule has 0 bridgehead atoms. The van der Waals surface area contributed by atoms with Gasteiger partial charge in [0.25, 0.3) is 5.69 Å². The van der Waals surface area contributed by atoms with Gasteiger partial charge in [0.15, 0.2) is 71.3 Å². The van der Waals surface area contributed by atoms with Crippen LogP contribution >= 0.6 is 0 Å². The summed E-state index contributed by atoms with van der Waals surface area (Å²) in [7, 11) is 0. The van der Waals surface area contributed by atoms with Crippen LogP contribution in [0.4, 0.5) is 39.5 Å². The second-order valence-electron chi connectivity index (χ2n) is 37.6. The van der Waals surface area contributed by atoms with Crippen LogP contribution in [0.15, 0.2) is 225 Å². The Balaban J connectivity index is 0.000000117. The van der Waals surface area contributed by atoms with Gasteiger partial charge in [-0.3, -0.25) is 0 Å². The van der Waals surface area contributed by atoms with E-state index in [0.29, 0.717) is 57.6 Å². The zero-order chi connectivity index (χ0) is 90.0. The third kappa shape index (κ3) is 11.3. The molecule has 5 aromatic carbocycles. The third-order valence-electron chi connectivity index (χ3n) is 26.1. The van der Waals surface area contributed by atoms with E-state index in [1.165, 1.54) is 47.9 Å². The lowest BCUT2D eigenvalue weighted by Crippen LogP contribution is -2.77. The van der Waals surface area contributed by atoms with Crippen LogP contribution in [0.2, 0.25) is 0 Å². The molecule has 19 nitrogen and oxygen atoms in total. The molecule has 3 spiro atoms. The van der Waals surface area contributed by atoms with Gasteiger partial charge in [-0.15, -0.1) is 28.5 Å². The molecule has 0 saturated carbocycles. The van der Waals surface area contributed by atoms with Crippen LogP contribution in [0.3, 0.4) is 0 Å². The second kappa shape index (κ2) is 27.4. The second-order valence-corrected chi connectivity index (χ2v) is 37.6. The summed E-state index contributed by atoms with van der Waals surface area (Å²) in [5, 5.41) is 32.6. The van der Waals surface area contributed by atoms with Crippen LogP contribution in [0.1, 0.15) is 188 Å². The summed E-state index contributed by atoms with van der Waals surface area (Å²) < 4.78 is 150. The van der Waals surface area contributed by atoms with E-state index in [9.17, 15) is 39.5 Å². The molecular formula is C100H92F9N19+6. The van der Waals surface area contributed by atoms with Crippen LogP contribution < -0.4 is 27.4 Å². The number of alkyl halides is 9. The first kappa shape index (κ1) is 81.4. The molecule has 28 heteroatoms. The number of rotatable bonds is 6. The van der Waals surface area contributed by atoms with Crippen molar-refractivity contribution < 1.29 is 66.9 Å². The molecule has 12 aromatic heterocycles. The van der Waals surface area contributed by atoms with Gasteiger partial charge in [-0.05, 0) is 165 Å². The molecule has 6 aliphatic rings. The summed E-state index contributed by atoms with van der Waals surface area (Å²) >= 11 is 0. The lowest BCUT2D eigenvalue weighted by Gasteiger charge is -2.22. The molecule has 18 heterocycles. The summed E-state index contributed by atoms with van der Waals surface area (Å²) in [6.45, 7) is 36.0. The summed E-state index contributed by atoms with van der Waals surface area (Å²) in [6, 6.07) is 60.6. The van der Waals surface area contributed by atoms with E-state index in [1.54, 1.807) is 16.3 Å². The van der Waals surface area contributed by atoms with Crippen molar-refractivity contribution in [1.29, 1.82) is 0 Å². The highest BCUT2D eigenvalue weighted by molar-refractivity contribution is 6.03. The van der Waals surface area contributed by atoms with E-state index in [1.807, 2.05) is 169 Å². The predicted molar refractivity (Wildman–Crippen MR) is 464 cm³/mol. The number of nitrogens with zero attached hydrogens (tertiary/aromatic N) is 19. The van der Waals surface area contributed by atoms with Gasteiger partial charge in [-0.2, -0.15) is 65.0 Å². The Kier molecular flexibility index (Phi) is 17.4. The summed E-state index contributed by atoms with van der Waals surface area (Å²) in [4.78, 5) is 4.73. The summed E-state index contributed by atoms with van der Waals surface area (Å²) in [5.74, 6) is -1.87. The molecule has 0 saturated heterocycles. The van der Waals surface area contributed by atoms with Crippen LogP contribution in [0.25, 0.3) is 123 Å². The fourth-order valence-corrected chi connectivity index (χ4v) is 20.4. The van der Waals surface area contributed by atoms with Crippen molar-refractivity contribution in [2.75, 3.05) is 0 Å². The first-order valence-electron chi connectivity index (χ1n) is 43.1. The lowest BCUT2D eigenvalue weighted by molar-refractivity contribution is -0.990. The van der Waals surface area contributed by atoms with E-state index in [0.717, 1.165) is 112 Å². The molecule has 3 unspecified atom stereocenters. The molecule has 644 valence electrons. The lowest BCUT2D eigenvalue weighted by atomic mass is 9.84. The number of aromatic nitrogens is 19. The minimum Gasteiger partial charge on any atom is -0.206 e. The molecule has 0 N–H and O–H groups in total. The maximum absolute atomic E-state index is 14.3. The van der Waals surface area contributed by atoms with Crippen LogP contribution in [0.5, 0.6) is 0 Å². The minimum atomic E-state index is -4.62. The number of benzene rings is 5. The van der Waals surface area contributed by atoms with E-state index >= 15 is 0 Å². The standard InChI is InChI=1S/2C35H31F3N6.C30H30F3N7/c1-20(2)23-13-10-14-24(21(3)4)32(23)27-19-42-33(26-12-7-6-11-25(26)27)30-18-31(34(36,37)38)40-44(30)35(42)41-16-9-8-15-28(41)29-17-22(5)39-43(29)35;1-20(2)25-9-8-10-26(21(3)4)32(25)24-12-13-27-23(18-24)14-16-42-33(27)30-19-31(34(36,37)38)40-44(30)35(42)41-15-7-6-11-28(41)29-17-22(5)39-43(29)35;1-17-34-26-23-15-20(28(5,6)7)11-13-37(23)30(40(26)35-17)38-12-10-18-14-19(27(2,3)4)8-9-21(18)25(38)22-16-24(29(31,32)33)36-39(22)30/h2*6-21H,1-5H3;8-16H,1-7H3/q3*+2. The number of halogens is 9. The van der Waals surface area contributed by atoms with Gasteiger partial charge in [0.2, 0.25) is 34.3 Å². The van der Waals surface area contributed by atoms with Crippen molar-refractivity contribution >= 4 is 32.3 Å². The fraction of sp³-hybridized carbons (Fsp3) is 0.290. The Bertz CT molecular complexity index is 7540. The smallest absolute Gasteiger partial charge is 0.206 e. The molecule has 0 aliphatic carbocycles. The Hall–Kier alpha value is -13.7. The van der Waals surface area contributed by atoms with Gasteiger partial charge >= 0.3 is 36.3 Å². The van der Waals surface area contributed by atoms with E-state index < -0.39 is 53.3 Å². The van der Waals surface area contributed by atoms with Gasteiger partial charge in [-0.1, -0.05) is 202 Å². The van der Waals surface area contributed by atoms with Gasteiger partial charge < -0.3 is 0 Å². The Morgan fingerprint density at radius 3 is 1.19 bits per heavy atom. The highest BCUT2D eigenvalue weighted by Crippen LogP contribution is 2.51. The molecular weight excluding hydrogens is 1640 g/mol. The first-order valence-corrected chi connectivity index (χ1v) is 43.1. The molecule has 128 heavy (non-hydrogen) atoms. The molecule has 23 rings (SSSR count). The maximum atomic E-state index is 14.3. The van der Waals surface area contributed by atoms with Gasteiger partial charge in [0, 0.05) is 72.1 Å². The highest BCUT2D eigenvalue weighted by Gasteiger charge is 2.74. The average molecular weight is 1730 g/mol. The molecule has 0 radical (unpaired) electrons. The molecule has 0 amide bonds. The summed E-state index contributed by atoms with van der Waals surface area (Å²) in [5.41, 5.74) is 17.3. The molecule has 3 atom stereocenters. The average Bonchev–Trinajstić information content (AvgIpc) is 1.49. The first-order chi connectivity index (χ1) is 60.7. The SMILES string of the molecule is Cc1cc2n(n1)C1(n3nc(C(F)(F)F)cc3-c3c4ccc(-c5c(C(C)C)cccc5C(C)C)cc4cc[n+]31)[n+]1ccccc1-2.Cc1cc2n(n1)C1(n3nc(C(F)(F)F)cc3-c3c4ccccc4c(-c4c(C(C)C)cccc4C(C)C)c[n+]31)[n+]1ccccc1-2.Cc1nc2n(n1)C1(n3nc(C(F)(F)F)cc3-c3c4ccc(C(C)(C)C)cc4cc[n+]31)[n+]1ccc(C(C)(C)C)cc1-2. The van der Waals surface area contributed by atoms with E-state index in [2.05, 4.69) is 196 Å². The molecule has 17 aromatic rings. The van der Waals surface area contributed by atoms with E-state index in [-0.39, 0.29) is 22.7 Å². The molecule has 6 aliphatic heterocycles. The van der Waals surface area contributed by atoms with Crippen LogP contribution in [-0.2, 0) is 47.1 Å². The highest BCUT2D eigenvalue weighted by atomic mass is 19.4. The number of pyridine rings is 6. The van der Waals surface area contributed by atoms with Gasteiger partial charge in [0.1, 0.15) is 17.2 Å². The largest absolute Gasteiger partial charge is 0.584 e. The predicted octanol–water partition coefficient (Wildman–Crippen LogP) is 19.7. The Labute approximate surface area is 731 Å². The van der Waals surface area contributed by atoms with Crippen molar-refractivity contribution in [3.63, 3.8) is 0 Å². The monoisotopic (exact) mass is 1730 g/mol. The minimum absolute atomic E-state index is 0.0784. The van der Waals surface area contributed by atoms with Crippen molar-refractivity contribution in [2.24, 2.45) is 0 Å². The van der Waals surface area contributed by atoms with Crippen molar-refractivity contribution in [2.45, 2.75) is 188 Å². The number of hydrogen-bond acceptors (Lipinski definition) is 7. The molecule has 0 fully saturated rings. The van der Waals surface area contributed by atoms with Gasteiger partial charge in [-0.25, -0.2) is 4.98 Å². The Morgan fingerprint density at radius 2 is 0.719 bits per heavy atom. The Morgan fingerprint density at radius 1 is 0.320 bits per heavy atom. The zero-order valence-corrected chi connectivity index (χ0v) is 73.6.